The van der Waals surface area contributed by atoms with Crippen LogP contribution in [0.3, 0.4) is 0 Å². The topological polar surface area (TPSA) is 73.0 Å². The molecule has 6 nitrogen and oxygen atoms in total. The SMILES string of the molecule is C[C@@H](NC(=O)c1cccn1C1CC1)c1nc(C2CC2)no1. The monoisotopic (exact) mass is 286 g/mol. The van der Waals surface area contributed by atoms with Gasteiger partial charge < -0.3 is 14.4 Å². The Kier molecular flexibility index (Phi) is 2.83. The van der Waals surface area contributed by atoms with E-state index in [9.17, 15) is 4.79 Å². The summed E-state index contributed by atoms with van der Waals surface area (Å²) in [5, 5.41) is 6.92. The molecule has 110 valence electrons. The van der Waals surface area contributed by atoms with Crippen LogP contribution in [0.4, 0.5) is 0 Å². The van der Waals surface area contributed by atoms with Crippen LogP contribution in [0, 0.1) is 0 Å². The highest BCUT2D eigenvalue weighted by molar-refractivity contribution is 5.93. The Bertz CT molecular complexity index is 667. The van der Waals surface area contributed by atoms with Crippen molar-refractivity contribution in [2.45, 2.75) is 50.6 Å². The summed E-state index contributed by atoms with van der Waals surface area (Å²) >= 11 is 0. The van der Waals surface area contributed by atoms with Crippen LogP contribution in [-0.2, 0) is 0 Å². The summed E-state index contributed by atoms with van der Waals surface area (Å²) in [5.74, 6) is 1.62. The molecule has 2 aromatic heterocycles. The van der Waals surface area contributed by atoms with Crippen LogP contribution in [0.15, 0.2) is 22.9 Å². The molecule has 0 aromatic carbocycles. The molecule has 2 aliphatic carbocycles. The molecule has 2 fully saturated rings. The first-order valence-electron chi connectivity index (χ1n) is 7.53. The molecular formula is C15H18N4O2. The molecule has 0 aliphatic heterocycles. The molecular weight excluding hydrogens is 268 g/mol. The molecule has 1 atom stereocenters. The minimum absolute atomic E-state index is 0.0921. The van der Waals surface area contributed by atoms with E-state index >= 15 is 0 Å². The highest BCUT2D eigenvalue weighted by atomic mass is 16.5. The zero-order chi connectivity index (χ0) is 14.4. The maximum absolute atomic E-state index is 12.4. The zero-order valence-electron chi connectivity index (χ0n) is 12.0. The Balaban J connectivity index is 1.46. The number of carbonyl (C=O) groups excluding carboxylic acids is 1. The van der Waals surface area contributed by atoms with Crippen molar-refractivity contribution >= 4 is 5.91 Å². The third-order valence-electron chi connectivity index (χ3n) is 4.07. The number of carbonyl (C=O) groups is 1. The van der Waals surface area contributed by atoms with E-state index in [2.05, 4.69) is 15.5 Å². The van der Waals surface area contributed by atoms with Crippen molar-refractivity contribution in [2.75, 3.05) is 0 Å². The maximum atomic E-state index is 12.4. The van der Waals surface area contributed by atoms with E-state index in [0.29, 0.717) is 23.5 Å². The van der Waals surface area contributed by atoms with Crippen molar-refractivity contribution in [2.24, 2.45) is 0 Å². The maximum Gasteiger partial charge on any atom is 0.268 e. The van der Waals surface area contributed by atoms with Crippen LogP contribution in [-0.4, -0.2) is 20.6 Å². The molecule has 0 saturated heterocycles. The highest BCUT2D eigenvalue weighted by Gasteiger charge is 2.30. The highest BCUT2D eigenvalue weighted by Crippen LogP contribution is 2.38. The molecule has 2 saturated carbocycles. The fraction of sp³-hybridized carbons (Fsp3) is 0.533. The van der Waals surface area contributed by atoms with Crippen LogP contribution in [0.1, 0.15) is 72.8 Å². The normalized spacial score (nSPS) is 19.5. The fourth-order valence-corrected chi connectivity index (χ4v) is 2.52. The lowest BCUT2D eigenvalue weighted by Gasteiger charge is -2.11. The quantitative estimate of drug-likeness (QED) is 0.916. The molecule has 2 heterocycles. The number of hydrogen-bond acceptors (Lipinski definition) is 4. The van der Waals surface area contributed by atoms with Gasteiger partial charge in [0.05, 0.1) is 0 Å². The van der Waals surface area contributed by atoms with Gasteiger partial charge >= 0.3 is 0 Å². The standard InChI is InChI=1S/C15H18N4O2/c1-9(15-17-13(18-21-15)10-4-5-10)16-14(20)12-3-2-8-19(12)11-6-7-11/h2-3,8-11H,4-7H2,1H3,(H,16,20)/t9-/m1/s1. The van der Waals surface area contributed by atoms with Gasteiger partial charge in [0.25, 0.3) is 5.91 Å². The van der Waals surface area contributed by atoms with E-state index in [-0.39, 0.29) is 11.9 Å². The zero-order valence-corrected chi connectivity index (χ0v) is 12.0. The van der Waals surface area contributed by atoms with Gasteiger partial charge in [-0.2, -0.15) is 4.98 Å². The Morgan fingerprint density at radius 3 is 2.95 bits per heavy atom. The molecule has 0 unspecified atom stereocenters. The fourth-order valence-electron chi connectivity index (χ4n) is 2.52. The largest absolute Gasteiger partial charge is 0.340 e. The Morgan fingerprint density at radius 2 is 2.24 bits per heavy atom. The van der Waals surface area contributed by atoms with Gasteiger partial charge in [-0.15, -0.1) is 0 Å². The van der Waals surface area contributed by atoms with E-state index in [1.807, 2.05) is 29.8 Å². The number of aromatic nitrogens is 3. The van der Waals surface area contributed by atoms with Gasteiger partial charge in [0.2, 0.25) is 5.89 Å². The third kappa shape index (κ3) is 2.46. The number of amides is 1. The lowest BCUT2D eigenvalue weighted by molar-refractivity contribution is 0.0923. The second-order valence-corrected chi connectivity index (χ2v) is 5.99. The van der Waals surface area contributed by atoms with Crippen molar-refractivity contribution in [3.05, 3.63) is 35.7 Å². The summed E-state index contributed by atoms with van der Waals surface area (Å²) in [6, 6.07) is 3.97. The van der Waals surface area contributed by atoms with Gasteiger partial charge in [-0.1, -0.05) is 5.16 Å². The van der Waals surface area contributed by atoms with Gasteiger partial charge in [0, 0.05) is 18.2 Å². The van der Waals surface area contributed by atoms with Crippen LogP contribution in [0.25, 0.3) is 0 Å². The summed E-state index contributed by atoms with van der Waals surface area (Å²) in [7, 11) is 0. The second kappa shape index (κ2) is 4.72. The van der Waals surface area contributed by atoms with Crippen LogP contribution in [0.5, 0.6) is 0 Å². The van der Waals surface area contributed by atoms with Gasteiger partial charge in [0.15, 0.2) is 5.82 Å². The lowest BCUT2D eigenvalue weighted by atomic mass is 10.3. The first kappa shape index (κ1) is 12.6. The first-order valence-corrected chi connectivity index (χ1v) is 7.53. The summed E-state index contributed by atoms with van der Waals surface area (Å²) in [6.45, 7) is 1.87. The van der Waals surface area contributed by atoms with Crippen molar-refractivity contribution in [3.8, 4) is 0 Å². The number of hydrogen-bond donors (Lipinski definition) is 1. The molecule has 6 heteroatoms. The van der Waals surface area contributed by atoms with Crippen molar-refractivity contribution in [3.63, 3.8) is 0 Å². The van der Waals surface area contributed by atoms with Crippen molar-refractivity contribution < 1.29 is 9.32 Å². The van der Waals surface area contributed by atoms with Gasteiger partial charge in [-0.3, -0.25) is 4.79 Å². The first-order chi connectivity index (χ1) is 10.2. The molecule has 1 amide bonds. The van der Waals surface area contributed by atoms with Gasteiger partial charge in [0.1, 0.15) is 11.7 Å². The predicted octanol–water partition coefficient (Wildman–Crippen LogP) is 2.57. The molecule has 2 aromatic rings. The van der Waals surface area contributed by atoms with E-state index in [1.54, 1.807) is 0 Å². The number of rotatable bonds is 5. The van der Waals surface area contributed by atoms with E-state index in [1.165, 1.54) is 0 Å². The predicted molar refractivity (Wildman–Crippen MR) is 74.9 cm³/mol. The Hall–Kier alpha value is -2.11. The molecule has 0 radical (unpaired) electrons. The summed E-state index contributed by atoms with van der Waals surface area (Å²) in [5.41, 5.74) is 0.700. The molecule has 21 heavy (non-hydrogen) atoms. The third-order valence-corrected chi connectivity index (χ3v) is 4.07. The summed E-state index contributed by atoms with van der Waals surface area (Å²) in [4.78, 5) is 16.8. The molecule has 0 spiro atoms. The lowest BCUT2D eigenvalue weighted by Crippen LogP contribution is -2.28. The Morgan fingerprint density at radius 1 is 1.43 bits per heavy atom. The van der Waals surface area contributed by atoms with Crippen LogP contribution in [0.2, 0.25) is 0 Å². The van der Waals surface area contributed by atoms with Crippen molar-refractivity contribution in [1.29, 1.82) is 0 Å². The second-order valence-electron chi connectivity index (χ2n) is 5.99. The minimum Gasteiger partial charge on any atom is -0.340 e. The summed E-state index contributed by atoms with van der Waals surface area (Å²) in [6.07, 6.45) is 6.54. The average molecular weight is 286 g/mol. The van der Waals surface area contributed by atoms with Crippen LogP contribution >= 0.6 is 0 Å². The number of nitrogens with one attached hydrogen (secondary N) is 1. The average Bonchev–Trinajstić information content (AvgIpc) is 3.41. The Labute approximate surface area is 122 Å². The van der Waals surface area contributed by atoms with E-state index < -0.39 is 0 Å². The molecule has 1 N–H and O–H groups in total. The van der Waals surface area contributed by atoms with Crippen molar-refractivity contribution in [1.82, 2.24) is 20.0 Å². The molecule has 4 rings (SSSR count). The van der Waals surface area contributed by atoms with Gasteiger partial charge in [-0.05, 0) is 44.7 Å². The molecule has 0 bridgehead atoms. The van der Waals surface area contributed by atoms with E-state index in [0.717, 1.165) is 31.5 Å². The number of nitrogens with zero attached hydrogens (tertiary/aromatic N) is 3. The minimum atomic E-state index is -0.278. The summed E-state index contributed by atoms with van der Waals surface area (Å²) < 4.78 is 7.30. The molecule has 2 aliphatic rings. The van der Waals surface area contributed by atoms with Crippen LogP contribution < -0.4 is 5.32 Å². The van der Waals surface area contributed by atoms with E-state index in [4.69, 9.17) is 4.52 Å². The smallest absolute Gasteiger partial charge is 0.268 e. The van der Waals surface area contributed by atoms with Gasteiger partial charge in [-0.25, -0.2) is 0 Å².